The van der Waals surface area contributed by atoms with E-state index in [-0.39, 0.29) is 30.4 Å². The summed E-state index contributed by atoms with van der Waals surface area (Å²) in [6.45, 7) is 0.178. The molecule has 0 radical (unpaired) electrons. The summed E-state index contributed by atoms with van der Waals surface area (Å²) >= 11 is 0. The van der Waals surface area contributed by atoms with Gasteiger partial charge in [0.1, 0.15) is 12.4 Å². The summed E-state index contributed by atoms with van der Waals surface area (Å²) in [6.07, 6.45) is 0.609. The van der Waals surface area contributed by atoms with E-state index < -0.39 is 6.09 Å². The second kappa shape index (κ2) is 5.54. The quantitative estimate of drug-likeness (QED) is 0.595. The molecule has 16 heavy (non-hydrogen) atoms. The van der Waals surface area contributed by atoms with Crippen molar-refractivity contribution in [2.45, 2.75) is 0 Å². The molecule has 1 heterocycles. The zero-order valence-electron chi connectivity index (χ0n) is 8.47. The van der Waals surface area contributed by atoms with E-state index in [1.165, 1.54) is 6.20 Å². The molecule has 1 aromatic heterocycles. The molecule has 0 aliphatic carbocycles. The van der Waals surface area contributed by atoms with Crippen LogP contribution in [0.5, 0.6) is 0 Å². The zero-order valence-corrected chi connectivity index (χ0v) is 8.47. The molecule has 0 atom stereocenters. The van der Waals surface area contributed by atoms with Gasteiger partial charge < -0.3 is 21.5 Å². The summed E-state index contributed by atoms with van der Waals surface area (Å²) in [7, 11) is 0. The molecule has 86 valence electrons. The topological polar surface area (TPSA) is 120 Å². The minimum atomic E-state index is -0.879. The largest absolute Gasteiger partial charge is 0.448 e. The van der Waals surface area contributed by atoms with Crippen LogP contribution in [0.2, 0.25) is 0 Å². The lowest BCUT2D eigenvalue weighted by molar-refractivity contribution is 0.0937. The van der Waals surface area contributed by atoms with Crippen LogP contribution >= 0.6 is 0 Å². The van der Waals surface area contributed by atoms with Gasteiger partial charge in [-0.25, -0.2) is 9.78 Å². The van der Waals surface area contributed by atoms with Crippen molar-refractivity contribution in [3.63, 3.8) is 0 Å². The van der Waals surface area contributed by atoms with Crippen LogP contribution in [0.3, 0.4) is 0 Å². The van der Waals surface area contributed by atoms with Gasteiger partial charge in [-0.2, -0.15) is 0 Å². The second-order valence-corrected chi connectivity index (χ2v) is 2.86. The Bertz CT molecular complexity index is 394. The molecule has 7 heteroatoms. The lowest BCUT2D eigenvalue weighted by atomic mass is 10.2. The van der Waals surface area contributed by atoms with Gasteiger partial charge in [-0.05, 0) is 12.1 Å². The van der Waals surface area contributed by atoms with E-state index in [0.717, 1.165) is 0 Å². The molecule has 7 nitrogen and oxygen atoms in total. The van der Waals surface area contributed by atoms with E-state index in [9.17, 15) is 9.59 Å². The maximum atomic E-state index is 11.5. The fourth-order valence-corrected chi connectivity index (χ4v) is 1.02. The van der Waals surface area contributed by atoms with Crippen molar-refractivity contribution in [1.29, 1.82) is 0 Å². The highest BCUT2D eigenvalue weighted by molar-refractivity contribution is 5.98. The Morgan fingerprint density at radius 1 is 1.50 bits per heavy atom. The van der Waals surface area contributed by atoms with E-state index in [1.54, 1.807) is 12.1 Å². The Morgan fingerprint density at radius 3 is 2.88 bits per heavy atom. The summed E-state index contributed by atoms with van der Waals surface area (Å²) in [5.41, 5.74) is 10.5. The molecular weight excluding hydrogens is 212 g/mol. The van der Waals surface area contributed by atoms with Crippen molar-refractivity contribution in [3.8, 4) is 0 Å². The van der Waals surface area contributed by atoms with E-state index in [4.69, 9.17) is 11.5 Å². The molecule has 0 aromatic carbocycles. The lowest BCUT2D eigenvalue weighted by Crippen LogP contribution is -2.29. The molecule has 2 amide bonds. The first-order valence-corrected chi connectivity index (χ1v) is 4.52. The van der Waals surface area contributed by atoms with Crippen molar-refractivity contribution in [1.82, 2.24) is 10.3 Å². The van der Waals surface area contributed by atoms with Crippen molar-refractivity contribution in [3.05, 3.63) is 23.9 Å². The van der Waals surface area contributed by atoms with E-state index in [2.05, 4.69) is 15.0 Å². The molecule has 0 unspecified atom stereocenters. The van der Waals surface area contributed by atoms with E-state index in [1.807, 2.05) is 0 Å². The fraction of sp³-hybridized carbons (Fsp3) is 0.222. The number of primary amides is 1. The zero-order chi connectivity index (χ0) is 12.0. The normalized spacial score (nSPS) is 9.50. The van der Waals surface area contributed by atoms with Gasteiger partial charge in [0.15, 0.2) is 0 Å². The van der Waals surface area contributed by atoms with Gasteiger partial charge in [0.2, 0.25) is 0 Å². The maximum absolute atomic E-state index is 11.5. The van der Waals surface area contributed by atoms with Crippen LogP contribution in [0.25, 0.3) is 0 Å². The number of ether oxygens (including phenoxy) is 1. The van der Waals surface area contributed by atoms with Crippen molar-refractivity contribution in [2.24, 2.45) is 5.73 Å². The number of rotatable bonds is 4. The average molecular weight is 224 g/mol. The monoisotopic (exact) mass is 224 g/mol. The number of nitrogens with zero attached hydrogens (tertiary/aromatic N) is 1. The SMILES string of the molecule is NC(=O)OCCNC(=O)c1cccnc1N. The molecule has 1 rings (SSSR count). The van der Waals surface area contributed by atoms with Crippen molar-refractivity contribution >= 4 is 17.8 Å². The Morgan fingerprint density at radius 2 is 2.25 bits per heavy atom. The molecule has 0 spiro atoms. The number of nitrogen functional groups attached to an aromatic ring is 1. The number of pyridine rings is 1. The highest BCUT2D eigenvalue weighted by atomic mass is 16.5. The van der Waals surface area contributed by atoms with Gasteiger partial charge in [0.05, 0.1) is 12.1 Å². The summed E-state index contributed by atoms with van der Waals surface area (Å²) in [4.78, 5) is 25.5. The third-order valence-electron chi connectivity index (χ3n) is 1.72. The van der Waals surface area contributed by atoms with Crippen LogP contribution in [0, 0.1) is 0 Å². The Kier molecular flexibility index (Phi) is 4.07. The van der Waals surface area contributed by atoms with Gasteiger partial charge in [-0.3, -0.25) is 4.79 Å². The first-order chi connectivity index (χ1) is 7.61. The van der Waals surface area contributed by atoms with Crippen LogP contribution in [-0.2, 0) is 4.74 Å². The number of nitrogens with two attached hydrogens (primary N) is 2. The summed E-state index contributed by atoms with van der Waals surface area (Å²) < 4.78 is 4.44. The minimum Gasteiger partial charge on any atom is -0.448 e. The molecule has 1 aromatic rings. The predicted molar refractivity (Wildman–Crippen MR) is 56.5 cm³/mol. The van der Waals surface area contributed by atoms with Gasteiger partial charge in [0.25, 0.3) is 5.91 Å². The van der Waals surface area contributed by atoms with Crippen LogP contribution in [0.15, 0.2) is 18.3 Å². The van der Waals surface area contributed by atoms with Crippen LogP contribution < -0.4 is 16.8 Å². The van der Waals surface area contributed by atoms with Gasteiger partial charge in [-0.1, -0.05) is 0 Å². The molecule has 5 N–H and O–H groups in total. The Labute approximate surface area is 91.8 Å². The lowest BCUT2D eigenvalue weighted by Gasteiger charge is -2.06. The smallest absolute Gasteiger partial charge is 0.404 e. The number of hydrogen-bond donors (Lipinski definition) is 3. The standard InChI is InChI=1S/C9H12N4O3/c10-7-6(2-1-3-12-7)8(14)13-4-5-16-9(11)15/h1-3H,4-5H2,(H2,10,12)(H2,11,15)(H,13,14). The summed E-state index contributed by atoms with van der Waals surface area (Å²) in [5, 5.41) is 2.50. The van der Waals surface area contributed by atoms with Gasteiger partial charge >= 0.3 is 6.09 Å². The number of anilines is 1. The molecular formula is C9H12N4O3. The average Bonchev–Trinajstić information content (AvgIpc) is 2.24. The number of carbonyl (C=O) groups excluding carboxylic acids is 2. The van der Waals surface area contributed by atoms with E-state index in [0.29, 0.717) is 0 Å². The molecule has 0 aliphatic rings. The molecule has 0 aliphatic heterocycles. The van der Waals surface area contributed by atoms with Crippen molar-refractivity contribution < 1.29 is 14.3 Å². The molecule has 0 saturated carbocycles. The Hall–Kier alpha value is -2.31. The van der Waals surface area contributed by atoms with Crippen LogP contribution in [0.4, 0.5) is 10.6 Å². The first kappa shape index (κ1) is 11.8. The highest BCUT2D eigenvalue weighted by Gasteiger charge is 2.08. The minimum absolute atomic E-state index is 0.0151. The fourth-order valence-electron chi connectivity index (χ4n) is 1.02. The first-order valence-electron chi connectivity index (χ1n) is 4.52. The number of nitrogens with one attached hydrogen (secondary N) is 1. The summed E-state index contributed by atoms with van der Waals surface area (Å²) in [5.74, 6) is -0.227. The summed E-state index contributed by atoms with van der Waals surface area (Å²) in [6, 6.07) is 3.15. The van der Waals surface area contributed by atoms with Gasteiger partial charge in [-0.15, -0.1) is 0 Å². The molecule has 0 fully saturated rings. The number of carbonyl (C=O) groups is 2. The number of amides is 2. The number of aromatic nitrogens is 1. The number of hydrogen-bond acceptors (Lipinski definition) is 5. The van der Waals surface area contributed by atoms with Crippen molar-refractivity contribution in [2.75, 3.05) is 18.9 Å². The predicted octanol–water partition coefficient (Wildman–Crippen LogP) is -0.511. The van der Waals surface area contributed by atoms with Crippen LogP contribution in [-0.4, -0.2) is 30.1 Å². The maximum Gasteiger partial charge on any atom is 0.404 e. The third-order valence-corrected chi connectivity index (χ3v) is 1.72. The second-order valence-electron chi connectivity index (χ2n) is 2.86. The van der Waals surface area contributed by atoms with Gasteiger partial charge in [0, 0.05) is 6.20 Å². The third kappa shape index (κ3) is 3.45. The molecule has 0 saturated heterocycles. The van der Waals surface area contributed by atoms with E-state index >= 15 is 0 Å². The molecule has 0 bridgehead atoms. The van der Waals surface area contributed by atoms with Crippen LogP contribution in [0.1, 0.15) is 10.4 Å². The Balaban J connectivity index is 2.41. The highest BCUT2D eigenvalue weighted by Crippen LogP contribution is 2.05.